The maximum atomic E-state index is 11.1. The molecule has 21 heavy (non-hydrogen) atoms. The summed E-state index contributed by atoms with van der Waals surface area (Å²) in [7, 11) is 0. The number of halogens is 1. The highest BCUT2D eigenvalue weighted by atomic mass is 35.5. The molecule has 108 valence electrons. The molecular weight excluding hydrogens is 288 g/mol. The zero-order valence-corrected chi connectivity index (χ0v) is 12.1. The lowest BCUT2D eigenvalue weighted by molar-refractivity contribution is -0.384. The van der Waals surface area contributed by atoms with Crippen molar-refractivity contribution in [2.24, 2.45) is 0 Å². The van der Waals surface area contributed by atoms with Gasteiger partial charge in [0.2, 0.25) is 0 Å². The van der Waals surface area contributed by atoms with Gasteiger partial charge in [0.25, 0.3) is 5.69 Å². The molecule has 1 fully saturated rings. The van der Waals surface area contributed by atoms with Crippen molar-refractivity contribution in [3.63, 3.8) is 0 Å². The summed E-state index contributed by atoms with van der Waals surface area (Å²) in [6, 6.07) is 15.4. The third-order valence-electron chi connectivity index (χ3n) is 3.93. The third kappa shape index (κ3) is 3.00. The van der Waals surface area contributed by atoms with E-state index in [1.165, 1.54) is 11.6 Å². The molecule has 0 bridgehead atoms. The van der Waals surface area contributed by atoms with Gasteiger partial charge in [-0.2, -0.15) is 0 Å². The molecule has 1 N–H and O–H groups in total. The standard InChI is InChI=1S/C16H15ClN2O2/c17-13-6-7-15(16(10-13)19(20)21)18-14-8-12(9-14)11-4-2-1-3-5-11/h1-7,10,12,14,18H,8-9H2. The van der Waals surface area contributed by atoms with Gasteiger partial charge in [-0.25, -0.2) is 0 Å². The monoisotopic (exact) mass is 302 g/mol. The first kappa shape index (κ1) is 13.9. The summed E-state index contributed by atoms with van der Waals surface area (Å²) in [5.41, 5.74) is 1.91. The fourth-order valence-corrected chi connectivity index (χ4v) is 2.90. The van der Waals surface area contributed by atoms with E-state index in [9.17, 15) is 10.1 Å². The van der Waals surface area contributed by atoms with Gasteiger partial charge in [-0.1, -0.05) is 41.9 Å². The van der Waals surface area contributed by atoms with Crippen molar-refractivity contribution >= 4 is 23.0 Å². The van der Waals surface area contributed by atoms with Gasteiger partial charge in [0, 0.05) is 17.1 Å². The lowest BCUT2D eigenvalue weighted by Gasteiger charge is -2.36. The molecule has 0 amide bonds. The summed E-state index contributed by atoms with van der Waals surface area (Å²) in [6.45, 7) is 0. The first-order valence-corrected chi connectivity index (χ1v) is 7.26. The molecule has 0 heterocycles. The summed E-state index contributed by atoms with van der Waals surface area (Å²) in [6.07, 6.45) is 1.98. The Morgan fingerprint density at radius 3 is 2.52 bits per heavy atom. The van der Waals surface area contributed by atoms with Crippen LogP contribution in [0.5, 0.6) is 0 Å². The first-order chi connectivity index (χ1) is 10.1. The van der Waals surface area contributed by atoms with E-state index >= 15 is 0 Å². The molecule has 1 aliphatic carbocycles. The van der Waals surface area contributed by atoms with Crippen molar-refractivity contribution < 1.29 is 4.92 Å². The van der Waals surface area contributed by atoms with Crippen LogP contribution < -0.4 is 5.32 Å². The smallest absolute Gasteiger partial charge is 0.293 e. The predicted octanol–water partition coefficient (Wildman–Crippen LogP) is 4.61. The van der Waals surface area contributed by atoms with Crippen molar-refractivity contribution in [3.8, 4) is 0 Å². The molecule has 2 aromatic rings. The number of hydrogen-bond donors (Lipinski definition) is 1. The minimum absolute atomic E-state index is 0.0330. The van der Waals surface area contributed by atoms with Crippen LogP contribution in [0.3, 0.4) is 0 Å². The van der Waals surface area contributed by atoms with E-state index in [0.29, 0.717) is 16.6 Å². The van der Waals surface area contributed by atoms with E-state index in [-0.39, 0.29) is 11.7 Å². The van der Waals surface area contributed by atoms with E-state index in [2.05, 4.69) is 17.4 Å². The minimum Gasteiger partial charge on any atom is -0.377 e. The molecule has 1 saturated carbocycles. The molecule has 0 spiro atoms. The summed E-state index contributed by atoms with van der Waals surface area (Å²) in [4.78, 5) is 10.7. The second-order valence-corrected chi connectivity index (χ2v) is 5.78. The highest BCUT2D eigenvalue weighted by Gasteiger charge is 2.31. The van der Waals surface area contributed by atoms with Crippen LogP contribution in [-0.2, 0) is 0 Å². The number of rotatable bonds is 4. The van der Waals surface area contributed by atoms with Gasteiger partial charge in [0.1, 0.15) is 5.69 Å². The van der Waals surface area contributed by atoms with Crippen LogP contribution in [0, 0.1) is 10.1 Å². The molecular formula is C16H15ClN2O2. The van der Waals surface area contributed by atoms with E-state index < -0.39 is 4.92 Å². The molecule has 0 aromatic heterocycles. The lowest BCUT2D eigenvalue weighted by atomic mass is 9.76. The number of hydrogen-bond acceptors (Lipinski definition) is 3. The fraction of sp³-hybridized carbons (Fsp3) is 0.250. The van der Waals surface area contributed by atoms with E-state index in [1.54, 1.807) is 12.1 Å². The van der Waals surface area contributed by atoms with E-state index in [4.69, 9.17) is 11.6 Å². The van der Waals surface area contributed by atoms with Crippen LogP contribution in [0.4, 0.5) is 11.4 Å². The Morgan fingerprint density at radius 1 is 1.14 bits per heavy atom. The molecule has 0 aliphatic heterocycles. The van der Waals surface area contributed by atoms with Gasteiger partial charge in [0.05, 0.1) is 4.92 Å². The highest BCUT2D eigenvalue weighted by Crippen LogP contribution is 2.39. The van der Waals surface area contributed by atoms with Crippen LogP contribution >= 0.6 is 11.6 Å². The van der Waals surface area contributed by atoms with E-state index in [0.717, 1.165) is 12.8 Å². The molecule has 3 rings (SSSR count). The van der Waals surface area contributed by atoms with Gasteiger partial charge in [-0.05, 0) is 36.5 Å². The van der Waals surface area contributed by atoms with Crippen molar-refractivity contribution in [2.45, 2.75) is 24.8 Å². The number of nitrogens with zero attached hydrogens (tertiary/aromatic N) is 1. The molecule has 2 aromatic carbocycles. The zero-order valence-electron chi connectivity index (χ0n) is 11.3. The lowest BCUT2D eigenvalue weighted by Crippen LogP contribution is -2.34. The van der Waals surface area contributed by atoms with Crippen LogP contribution in [0.2, 0.25) is 5.02 Å². The summed E-state index contributed by atoms with van der Waals surface area (Å²) in [5.74, 6) is 0.537. The molecule has 4 nitrogen and oxygen atoms in total. The van der Waals surface area contributed by atoms with Gasteiger partial charge in [-0.15, -0.1) is 0 Å². The number of benzene rings is 2. The molecule has 0 radical (unpaired) electrons. The minimum atomic E-state index is -0.401. The predicted molar refractivity (Wildman–Crippen MR) is 83.9 cm³/mol. The molecule has 1 aliphatic rings. The quantitative estimate of drug-likeness (QED) is 0.663. The Morgan fingerprint density at radius 2 is 1.86 bits per heavy atom. The van der Waals surface area contributed by atoms with Gasteiger partial charge >= 0.3 is 0 Å². The van der Waals surface area contributed by atoms with Crippen LogP contribution in [0.1, 0.15) is 24.3 Å². The van der Waals surface area contributed by atoms with Crippen LogP contribution in [0.25, 0.3) is 0 Å². The Bertz CT molecular complexity index is 655. The Labute approximate surface area is 127 Å². The Hall–Kier alpha value is -2.07. The zero-order chi connectivity index (χ0) is 14.8. The van der Waals surface area contributed by atoms with Gasteiger partial charge in [0.15, 0.2) is 0 Å². The summed E-state index contributed by atoms with van der Waals surface area (Å²) >= 11 is 5.82. The van der Waals surface area contributed by atoms with Crippen LogP contribution in [0.15, 0.2) is 48.5 Å². The average molecular weight is 303 g/mol. The van der Waals surface area contributed by atoms with Crippen LogP contribution in [-0.4, -0.2) is 11.0 Å². The third-order valence-corrected chi connectivity index (χ3v) is 4.16. The topological polar surface area (TPSA) is 55.2 Å². The van der Waals surface area contributed by atoms with Gasteiger partial charge in [-0.3, -0.25) is 10.1 Å². The number of anilines is 1. The number of nitrogens with one attached hydrogen (secondary N) is 1. The molecule has 0 unspecified atom stereocenters. The second kappa shape index (κ2) is 5.74. The summed E-state index contributed by atoms with van der Waals surface area (Å²) in [5, 5.41) is 14.7. The second-order valence-electron chi connectivity index (χ2n) is 5.34. The van der Waals surface area contributed by atoms with Crippen molar-refractivity contribution in [1.82, 2.24) is 0 Å². The Balaban J connectivity index is 1.66. The number of nitro benzene ring substituents is 1. The highest BCUT2D eigenvalue weighted by molar-refractivity contribution is 6.30. The normalized spacial score (nSPS) is 20.6. The fourth-order valence-electron chi connectivity index (χ4n) is 2.73. The number of nitro groups is 1. The Kier molecular flexibility index (Phi) is 3.80. The van der Waals surface area contributed by atoms with Crippen molar-refractivity contribution in [3.05, 3.63) is 69.2 Å². The SMILES string of the molecule is O=[N+]([O-])c1cc(Cl)ccc1NC1CC(c2ccccc2)C1. The largest absolute Gasteiger partial charge is 0.377 e. The average Bonchev–Trinajstić information content (AvgIpc) is 2.44. The van der Waals surface area contributed by atoms with Crippen molar-refractivity contribution in [2.75, 3.05) is 5.32 Å². The maximum Gasteiger partial charge on any atom is 0.293 e. The maximum absolute atomic E-state index is 11.1. The van der Waals surface area contributed by atoms with Crippen molar-refractivity contribution in [1.29, 1.82) is 0 Å². The van der Waals surface area contributed by atoms with Gasteiger partial charge < -0.3 is 5.32 Å². The molecule has 0 saturated heterocycles. The summed E-state index contributed by atoms with van der Waals surface area (Å²) < 4.78 is 0. The first-order valence-electron chi connectivity index (χ1n) is 6.89. The molecule has 0 atom stereocenters. The molecule has 5 heteroatoms. The van der Waals surface area contributed by atoms with E-state index in [1.807, 2.05) is 18.2 Å².